The van der Waals surface area contributed by atoms with Gasteiger partial charge in [0.1, 0.15) is 0 Å². The molecule has 0 radical (unpaired) electrons. The van der Waals surface area contributed by atoms with Gasteiger partial charge in [-0.3, -0.25) is 0 Å². The second-order valence-corrected chi connectivity index (χ2v) is 4.34. The zero-order valence-electron chi connectivity index (χ0n) is 9.63. The summed E-state index contributed by atoms with van der Waals surface area (Å²) in [6, 6.07) is 0. The summed E-state index contributed by atoms with van der Waals surface area (Å²) in [6.45, 7) is 12.2. The number of hydrogen-bond acceptors (Lipinski definition) is 2. The Morgan fingerprint density at radius 1 is 1.15 bits per heavy atom. The summed E-state index contributed by atoms with van der Waals surface area (Å²) in [5.74, 6) is 0.896. The van der Waals surface area contributed by atoms with Gasteiger partial charge in [-0.1, -0.05) is 27.7 Å². The molecule has 0 aliphatic heterocycles. The van der Waals surface area contributed by atoms with Gasteiger partial charge < -0.3 is 9.84 Å². The Hall–Kier alpha value is -0.0800. The van der Waals surface area contributed by atoms with Crippen molar-refractivity contribution >= 4 is 0 Å². The van der Waals surface area contributed by atoms with Crippen LogP contribution in [0.3, 0.4) is 0 Å². The molecule has 80 valence electrons. The predicted octanol–water partition coefficient (Wildman–Crippen LogP) is 2.31. The van der Waals surface area contributed by atoms with Gasteiger partial charge in [0, 0.05) is 12.0 Å². The Bertz CT molecular complexity index is 122. The smallest absolute Gasteiger partial charge is 0.0549 e. The largest absolute Gasteiger partial charge is 0.396 e. The maximum absolute atomic E-state index is 9.46. The van der Waals surface area contributed by atoms with Crippen molar-refractivity contribution in [3.8, 4) is 0 Å². The van der Waals surface area contributed by atoms with E-state index in [-0.39, 0.29) is 12.0 Å². The fourth-order valence-corrected chi connectivity index (χ4v) is 1.70. The highest BCUT2D eigenvalue weighted by Crippen LogP contribution is 2.35. The maximum atomic E-state index is 9.46. The quantitative estimate of drug-likeness (QED) is 0.693. The summed E-state index contributed by atoms with van der Waals surface area (Å²) in [5, 5.41) is 9.46. The topological polar surface area (TPSA) is 29.5 Å². The van der Waals surface area contributed by atoms with Gasteiger partial charge in [-0.05, 0) is 18.8 Å². The Labute approximate surface area is 82.3 Å². The van der Waals surface area contributed by atoms with Crippen LogP contribution in [0.1, 0.15) is 34.6 Å². The lowest BCUT2D eigenvalue weighted by molar-refractivity contribution is -0.0495. The molecule has 0 saturated heterocycles. The van der Waals surface area contributed by atoms with E-state index in [9.17, 15) is 5.11 Å². The molecule has 0 aromatic rings. The Morgan fingerprint density at radius 2 is 1.62 bits per heavy atom. The molecule has 0 rings (SSSR count). The van der Waals surface area contributed by atoms with Crippen LogP contribution >= 0.6 is 0 Å². The molecule has 2 heteroatoms. The van der Waals surface area contributed by atoms with E-state index in [1.54, 1.807) is 0 Å². The van der Waals surface area contributed by atoms with Crippen molar-refractivity contribution in [3.63, 3.8) is 0 Å². The molecular formula is C11H24O2. The van der Waals surface area contributed by atoms with E-state index in [1.165, 1.54) is 0 Å². The molecular weight excluding hydrogens is 164 g/mol. The number of rotatable bonds is 6. The monoisotopic (exact) mass is 188 g/mol. The minimum atomic E-state index is -0.0734. The second-order valence-electron chi connectivity index (χ2n) is 4.34. The van der Waals surface area contributed by atoms with E-state index < -0.39 is 0 Å². The fraction of sp³-hybridized carbons (Fsp3) is 1.00. The van der Waals surface area contributed by atoms with Gasteiger partial charge in [0.2, 0.25) is 0 Å². The molecule has 1 N–H and O–H groups in total. The van der Waals surface area contributed by atoms with E-state index in [0.29, 0.717) is 18.4 Å². The van der Waals surface area contributed by atoms with Gasteiger partial charge in [0.15, 0.2) is 0 Å². The summed E-state index contributed by atoms with van der Waals surface area (Å²) in [7, 11) is 0. The molecule has 13 heavy (non-hydrogen) atoms. The summed E-state index contributed by atoms with van der Waals surface area (Å²) < 4.78 is 5.45. The van der Waals surface area contributed by atoms with Crippen molar-refractivity contribution < 1.29 is 9.84 Å². The van der Waals surface area contributed by atoms with Crippen molar-refractivity contribution in [1.29, 1.82) is 0 Å². The lowest BCUT2D eigenvalue weighted by atomic mass is 9.70. The minimum absolute atomic E-state index is 0.0734. The molecule has 0 saturated carbocycles. The molecule has 0 amide bonds. The first-order valence-corrected chi connectivity index (χ1v) is 5.19. The van der Waals surface area contributed by atoms with E-state index in [1.807, 2.05) is 6.92 Å². The lowest BCUT2D eigenvalue weighted by Gasteiger charge is -2.39. The fourth-order valence-electron chi connectivity index (χ4n) is 1.70. The molecule has 0 aromatic carbocycles. The zero-order chi connectivity index (χ0) is 10.5. The summed E-state index contributed by atoms with van der Waals surface area (Å²) >= 11 is 0. The molecule has 0 bridgehead atoms. The minimum Gasteiger partial charge on any atom is -0.396 e. The standard InChI is InChI=1S/C11H24O2/c1-6-13-8-11(7-12,9(2)3)10(4)5/h9-10,12H,6-8H2,1-5H3. The van der Waals surface area contributed by atoms with Gasteiger partial charge in [-0.15, -0.1) is 0 Å². The first-order chi connectivity index (χ1) is 6.01. The lowest BCUT2D eigenvalue weighted by Crippen LogP contribution is -2.41. The normalized spacial score (nSPS) is 12.9. The van der Waals surface area contributed by atoms with E-state index in [0.717, 1.165) is 6.61 Å². The third-order valence-corrected chi connectivity index (χ3v) is 3.17. The number of aliphatic hydroxyl groups is 1. The van der Waals surface area contributed by atoms with E-state index in [4.69, 9.17) is 4.74 Å². The van der Waals surface area contributed by atoms with Gasteiger partial charge in [0.05, 0.1) is 13.2 Å². The number of aliphatic hydroxyl groups excluding tert-OH is 1. The molecule has 0 spiro atoms. The summed E-state index contributed by atoms with van der Waals surface area (Å²) in [4.78, 5) is 0. The van der Waals surface area contributed by atoms with Crippen LogP contribution < -0.4 is 0 Å². The SMILES string of the molecule is CCOCC(CO)(C(C)C)C(C)C. The van der Waals surface area contributed by atoms with Crippen LogP contribution in [0, 0.1) is 17.3 Å². The first-order valence-electron chi connectivity index (χ1n) is 5.19. The maximum Gasteiger partial charge on any atom is 0.0549 e. The van der Waals surface area contributed by atoms with Gasteiger partial charge in [-0.25, -0.2) is 0 Å². The van der Waals surface area contributed by atoms with Crippen molar-refractivity contribution in [2.75, 3.05) is 19.8 Å². The number of hydrogen-bond donors (Lipinski definition) is 1. The summed E-state index contributed by atoms with van der Waals surface area (Å²) in [5.41, 5.74) is -0.0734. The molecule has 0 heterocycles. The third-order valence-electron chi connectivity index (χ3n) is 3.17. The van der Waals surface area contributed by atoms with Crippen molar-refractivity contribution in [1.82, 2.24) is 0 Å². The molecule has 0 aliphatic carbocycles. The van der Waals surface area contributed by atoms with Crippen LogP contribution in [0.25, 0.3) is 0 Å². The van der Waals surface area contributed by atoms with Crippen LogP contribution in [0.2, 0.25) is 0 Å². The second kappa shape index (κ2) is 5.61. The Balaban J connectivity index is 4.45. The Kier molecular flexibility index (Phi) is 5.57. The molecule has 0 fully saturated rings. The van der Waals surface area contributed by atoms with Crippen molar-refractivity contribution in [3.05, 3.63) is 0 Å². The van der Waals surface area contributed by atoms with Gasteiger partial charge >= 0.3 is 0 Å². The molecule has 2 nitrogen and oxygen atoms in total. The highest BCUT2D eigenvalue weighted by Gasteiger charge is 2.36. The van der Waals surface area contributed by atoms with Crippen LogP contribution in [-0.2, 0) is 4.74 Å². The van der Waals surface area contributed by atoms with Crippen LogP contribution in [0.15, 0.2) is 0 Å². The van der Waals surface area contributed by atoms with Gasteiger partial charge in [0.25, 0.3) is 0 Å². The van der Waals surface area contributed by atoms with Crippen molar-refractivity contribution in [2.24, 2.45) is 17.3 Å². The molecule has 0 unspecified atom stereocenters. The predicted molar refractivity (Wildman–Crippen MR) is 55.7 cm³/mol. The first kappa shape index (κ1) is 12.9. The molecule has 0 aliphatic rings. The van der Waals surface area contributed by atoms with Crippen LogP contribution in [-0.4, -0.2) is 24.9 Å². The average molecular weight is 188 g/mol. The van der Waals surface area contributed by atoms with E-state index >= 15 is 0 Å². The van der Waals surface area contributed by atoms with Crippen LogP contribution in [0.4, 0.5) is 0 Å². The van der Waals surface area contributed by atoms with Crippen molar-refractivity contribution in [2.45, 2.75) is 34.6 Å². The Morgan fingerprint density at radius 3 is 1.85 bits per heavy atom. The van der Waals surface area contributed by atoms with Gasteiger partial charge in [-0.2, -0.15) is 0 Å². The number of ether oxygens (including phenoxy) is 1. The highest BCUT2D eigenvalue weighted by atomic mass is 16.5. The zero-order valence-corrected chi connectivity index (χ0v) is 9.63. The van der Waals surface area contributed by atoms with Crippen LogP contribution in [0.5, 0.6) is 0 Å². The third kappa shape index (κ3) is 2.96. The molecule has 0 aromatic heterocycles. The van der Waals surface area contributed by atoms with E-state index in [2.05, 4.69) is 27.7 Å². The molecule has 0 atom stereocenters. The summed E-state index contributed by atoms with van der Waals surface area (Å²) in [6.07, 6.45) is 0. The average Bonchev–Trinajstić information content (AvgIpc) is 2.05. The highest BCUT2D eigenvalue weighted by molar-refractivity contribution is 4.84.